The van der Waals surface area contributed by atoms with E-state index in [-0.39, 0.29) is 0 Å². The van der Waals surface area contributed by atoms with Crippen LogP contribution in [0.25, 0.3) is 5.69 Å². The zero-order valence-corrected chi connectivity index (χ0v) is 8.77. The van der Waals surface area contributed by atoms with Gasteiger partial charge in [0.15, 0.2) is 0 Å². The molecule has 0 unspecified atom stereocenters. The second kappa shape index (κ2) is 3.69. The molecule has 0 bridgehead atoms. The van der Waals surface area contributed by atoms with Crippen LogP contribution < -0.4 is 0 Å². The van der Waals surface area contributed by atoms with Crippen molar-refractivity contribution in [2.75, 3.05) is 0 Å². The molecule has 0 aliphatic carbocycles. The van der Waals surface area contributed by atoms with E-state index in [1.165, 1.54) is 0 Å². The fraction of sp³-hybridized carbons (Fsp3) is 0.167. The van der Waals surface area contributed by atoms with Crippen LogP contribution in [-0.4, -0.2) is 15.8 Å². The van der Waals surface area contributed by atoms with E-state index in [1.807, 2.05) is 42.8 Å². The molecule has 3 nitrogen and oxygen atoms in total. The van der Waals surface area contributed by atoms with Crippen LogP contribution in [0.15, 0.2) is 30.6 Å². The first-order valence-electron chi connectivity index (χ1n) is 4.78. The first-order valence-corrected chi connectivity index (χ1v) is 4.78. The van der Waals surface area contributed by atoms with Crippen molar-refractivity contribution in [1.82, 2.24) is 9.55 Å². The summed E-state index contributed by atoms with van der Waals surface area (Å²) in [4.78, 5) is 14.8. The Bertz CT molecular complexity index is 500. The normalized spacial score (nSPS) is 10.3. The van der Waals surface area contributed by atoms with Crippen LogP contribution in [0.2, 0.25) is 0 Å². The van der Waals surface area contributed by atoms with E-state index in [9.17, 15) is 4.79 Å². The van der Waals surface area contributed by atoms with Crippen molar-refractivity contribution in [2.45, 2.75) is 13.8 Å². The number of carbonyl (C=O) groups is 1. The van der Waals surface area contributed by atoms with Crippen molar-refractivity contribution < 1.29 is 4.79 Å². The van der Waals surface area contributed by atoms with Gasteiger partial charge in [0.2, 0.25) is 0 Å². The van der Waals surface area contributed by atoms with Crippen LogP contribution in [0.5, 0.6) is 0 Å². The molecule has 0 aliphatic heterocycles. The lowest BCUT2D eigenvalue weighted by atomic mass is 10.1. The van der Waals surface area contributed by atoms with E-state index >= 15 is 0 Å². The van der Waals surface area contributed by atoms with Crippen molar-refractivity contribution in [3.63, 3.8) is 0 Å². The highest BCUT2D eigenvalue weighted by molar-refractivity contribution is 5.77. The van der Waals surface area contributed by atoms with Gasteiger partial charge < -0.3 is 4.57 Å². The molecule has 3 heteroatoms. The molecule has 0 fully saturated rings. The molecule has 0 N–H and O–H groups in total. The number of hydrogen-bond donors (Lipinski definition) is 0. The van der Waals surface area contributed by atoms with Gasteiger partial charge in [-0.1, -0.05) is 0 Å². The lowest BCUT2D eigenvalue weighted by molar-refractivity contribution is 0.112. The number of rotatable bonds is 2. The molecule has 0 radical (unpaired) electrons. The van der Waals surface area contributed by atoms with Crippen LogP contribution in [-0.2, 0) is 0 Å². The molecule has 1 heterocycles. The van der Waals surface area contributed by atoms with Gasteiger partial charge in [0, 0.05) is 23.6 Å². The molecule has 1 aromatic heterocycles. The molecule has 15 heavy (non-hydrogen) atoms. The molecule has 2 rings (SSSR count). The number of aromatic nitrogens is 2. The summed E-state index contributed by atoms with van der Waals surface area (Å²) in [6.07, 6.45) is 4.54. The zero-order chi connectivity index (χ0) is 10.8. The third-order valence-electron chi connectivity index (χ3n) is 2.48. The Kier molecular flexibility index (Phi) is 2.37. The maximum Gasteiger partial charge on any atom is 0.150 e. The van der Waals surface area contributed by atoms with E-state index in [0.717, 1.165) is 28.9 Å². The number of aldehydes is 1. The van der Waals surface area contributed by atoms with Gasteiger partial charge in [-0.3, -0.25) is 4.79 Å². The number of aryl methyl sites for hydroxylation is 2. The Hall–Kier alpha value is -1.90. The Labute approximate surface area is 88.4 Å². The number of nitrogens with zero attached hydrogens (tertiary/aromatic N) is 2. The third-order valence-corrected chi connectivity index (χ3v) is 2.48. The average Bonchev–Trinajstić information content (AvgIpc) is 2.64. The van der Waals surface area contributed by atoms with Crippen molar-refractivity contribution >= 4 is 6.29 Å². The Morgan fingerprint density at radius 2 is 2.13 bits per heavy atom. The highest BCUT2D eigenvalue weighted by Gasteiger charge is 2.02. The van der Waals surface area contributed by atoms with Gasteiger partial charge in [-0.25, -0.2) is 4.98 Å². The van der Waals surface area contributed by atoms with Crippen molar-refractivity contribution in [3.8, 4) is 5.69 Å². The van der Waals surface area contributed by atoms with E-state index in [0.29, 0.717) is 0 Å². The fourth-order valence-electron chi connectivity index (χ4n) is 1.59. The van der Waals surface area contributed by atoms with Gasteiger partial charge in [0.1, 0.15) is 12.1 Å². The van der Waals surface area contributed by atoms with Crippen molar-refractivity contribution in [1.29, 1.82) is 0 Å². The lowest BCUT2D eigenvalue weighted by Crippen LogP contribution is -1.97. The molecule has 0 amide bonds. The van der Waals surface area contributed by atoms with Crippen LogP contribution in [0.4, 0.5) is 0 Å². The number of hydrogen-bond acceptors (Lipinski definition) is 2. The molecule has 0 saturated heterocycles. The molecule has 0 atom stereocenters. The second-order valence-corrected chi connectivity index (χ2v) is 3.50. The van der Waals surface area contributed by atoms with Crippen molar-refractivity contribution in [3.05, 3.63) is 47.5 Å². The summed E-state index contributed by atoms with van der Waals surface area (Å²) in [5.74, 6) is 0.938. The first kappa shape index (κ1) is 9.65. The molecule has 2 aromatic rings. The van der Waals surface area contributed by atoms with Gasteiger partial charge in [-0.05, 0) is 37.6 Å². The van der Waals surface area contributed by atoms with E-state index in [4.69, 9.17) is 0 Å². The van der Waals surface area contributed by atoms with Crippen LogP contribution >= 0.6 is 0 Å². The summed E-state index contributed by atoms with van der Waals surface area (Å²) in [5.41, 5.74) is 2.75. The highest BCUT2D eigenvalue weighted by Crippen LogP contribution is 2.14. The molecule has 0 saturated carbocycles. The first-order chi connectivity index (χ1) is 7.22. The van der Waals surface area contributed by atoms with E-state index < -0.39 is 0 Å². The second-order valence-electron chi connectivity index (χ2n) is 3.50. The number of benzene rings is 1. The van der Waals surface area contributed by atoms with Gasteiger partial charge in [-0.15, -0.1) is 0 Å². The smallest absolute Gasteiger partial charge is 0.150 e. The summed E-state index contributed by atoms with van der Waals surface area (Å²) in [7, 11) is 0. The minimum absolute atomic E-state index is 0.733. The third kappa shape index (κ3) is 1.68. The molecular formula is C12H12N2O. The van der Waals surface area contributed by atoms with Gasteiger partial charge in [0.25, 0.3) is 0 Å². The SMILES string of the molecule is Cc1cc(-n2ccnc2C)ccc1C=O. The van der Waals surface area contributed by atoms with Gasteiger partial charge in [0.05, 0.1) is 0 Å². The molecule has 1 aromatic carbocycles. The summed E-state index contributed by atoms with van der Waals surface area (Å²) in [5, 5.41) is 0. The van der Waals surface area contributed by atoms with Gasteiger partial charge in [-0.2, -0.15) is 0 Å². The fourth-order valence-corrected chi connectivity index (χ4v) is 1.59. The molecule has 0 spiro atoms. The largest absolute Gasteiger partial charge is 0.304 e. The predicted molar refractivity (Wildman–Crippen MR) is 58.4 cm³/mol. The summed E-state index contributed by atoms with van der Waals surface area (Å²) >= 11 is 0. The van der Waals surface area contributed by atoms with Crippen LogP contribution in [0.3, 0.4) is 0 Å². The Balaban J connectivity index is 2.52. The lowest BCUT2D eigenvalue weighted by Gasteiger charge is -2.07. The highest BCUT2D eigenvalue weighted by atomic mass is 16.1. The maximum absolute atomic E-state index is 10.7. The minimum atomic E-state index is 0.733. The van der Waals surface area contributed by atoms with E-state index in [1.54, 1.807) is 6.20 Å². The van der Waals surface area contributed by atoms with Crippen LogP contribution in [0.1, 0.15) is 21.7 Å². The topological polar surface area (TPSA) is 34.9 Å². The summed E-state index contributed by atoms with van der Waals surface area (Å²) in [6, 6.07) is 5.74. The van der Waals surface area contributed by atoms with Crippen molar-refractivity contribution in [2.24, 2.45) is 0 Å². The zero-order valence-electron chi connectivity index (χ0n) is 8.77. The quantitative estimate of drug-likeness (QED) is 0.697. The monoisotopic (exact) mass is 200 g/mol. The number of carbonyl (C=O) groups excluding carboxylic acids is 1. The predicted octanol–water partition coefficient (Wildman–Crippen LogP) is 2.30. The van der Waals surface area contributed by atoms with E-state index in [2.05, 4.69) is 4.98 Å². The summed E-state index contributed by atoms with van der Waals surface area (Å²) < 4.78 is 1.99. The van der Waals surface area contributed by atoms with Crippen LogP contribution in [0, 0.1) is 13.8 Å². The number of imidazole rings is 1. The summed E-state index contributed by atoms with van der Waals surface area (Å²) in [6.45, 7) is 3.88. The van der Waals surface area contributed by atoms with Gasteiger partial charge >= 0.3 is 0 Å². The average molecular weight is 200 g/mol. The minimum Gasteiger partial charge on any atom is -0.304 e. The molecular weight excluding hydrogens is 188 g/mol. The molecule has 0 aliphatic rings. The molecule has 76 valence electrons. The maximum atomic E-state index is 10.7. The Morgan fingerprint density at radius 3 is 2.67 bits per heavy atom. The Morgan fingerprint density at radius 1 is 1.33 bits per heavy atom. The standard InChI is InChI=1S/C12H12N2O/c1-9-7-12(4-3-11(9)8-15)14-6-5-13-10(14)2/h3-8H,1-2H3.